The highest BCUT2D eigenvalue weighted by Crippen LogP contribution is 2.31. The lowest BCUT2D eigenvalue weighted by molar-refractivity contribution is 0.577. The Hall–Kier alpha value is -0.700. The molecule has 1 saturated carbocycles. The van der Waals surface area contributed by atoms with Crippen molar-refractivity contribution in [2.45, 2.75) is 26.2 Å². The van der Waals surface area contributed by atoms with E-state index in [9.17, 15) is 0 Å². The van der Waals surface area contributed by atoms with Gasteiger partial charge in [-0.2, -0.15) is 0 Å². The van der Waals surface area contributed by atoms with E-state index in [0.29, 0.717) is 11.8 Å². The largest absolute Gasteiger partial charge is 0.106 e. The number of hydrogen-bond acceptors (Lipinski definition) is 0. The fourth-order valence-electron chi connectivity index (χ4n) is 1.64. The highest BCUT2D eigenvalue weighted by Gasteiger charge is 2.22. The molecular weight excluding hydrogens is 120 g/mol. The predicted molar refractivity (Wildman–Crippen MR) is 44.5 cm³/mol. The Morgan fingerprint density at radius 1 is 1.50 bits per heavy atom. The molecule has 0 aromatic carbocycles. The number of rotatable bonds is 1. The Bertz CT molecular complexity index is 168. The quantitative estimate of drug-likeness (QED) is 0.382. The van der Waals surface area contributed by atoms with Crippen LogP contribution in [0.25, 0.3) is 0 Å². The minimum atomic E-state index is 0.613. The Labute approximate surface area is 63.3 Å². The third-order valence-electron chi connectivity index (χ3n) is 2.20. The molecule has 54 valence electrons. The summed E-state index contributed by atoms with van der Waals surface area (Å²) in [4.78, 5) is 0. The van der Waals surface area contributed by atoms with E-state index in [1.165, 1.54) is 19.3 Å². The molecule has 0 N–H and O–H groups in total. The van der Waals surface area contributed by atoms with Gasteiger partial charge in [-0.1, -0.05) is 18.4 Å². The Morgan fingerprint density at radius 2 is 2.30 bits per heavy atom. The van der Waals surface area contributed by atoms with Crippen molar-refractivity contribution < 1.29 is 0 Å². The van der Waals surface area contributed by atoms with Gasteiger partial charge in [-0.05, 0) is 25.7 Å². The van der Waals surface area contributed by atoms with Crippen molar-refractivity contribution >= 4 is 0 Å². The molecule has 1 aliphatic rings. The molecule has 0 bridgehead atoms. The van der Waals surface area contributed by atoms with Crippen LogP contribution >= 0.6 is 0 Å². The molecule has 10 heavy (non-hydrogen) atoms. The summed E-state index contributed by atoms with van der Waals surface area (Å²) < 4.78 is 0. The zero-order valence-electron chi connectivity index (χ0n) is 6.56. The van der Waals surface area contributed by atoms with Crippen LogP contribution in [-0.2, 0) is 0 Å². The van der Waals surface area contributed by atoms with E-state index >= 15 is 0 Å². The standard InChI is InChI=1S/C10H14/c1-3-6-10-8-5-7-9(10)4-2/h4,9-10H,2,5,7-8H2,1H3. The van der Waals surface area contributed by atoms with Gasteiger partial charge in [0, 0.05) is 5.92 Å². The van der Waals surface area contributed by atoms with Gasteiger partial charge in [-0.15, -0.1) is 12.5 Å². The highest BCUT2D eigenvalue weighted by molar-refractivity contribution is 5.08. The number of hydrogen-bond donors (Lipinski definition) is 0. The van der Waals surface area contributed by atoms with Gasteiger partial charge in [0.25, 0.3) is 0 Å². The first-order chi connectivity index (χ1) is 4.88. The van der Waals surface area contributed by atoms with Crippen molar-refractivity contribution in [3.8, 4) is 11.8 Å². The van der Waals surface area contributed by atoms with Crippen molar-refractivity contribution in [2.75, 3.05) is 0 Å². The molecule has 1 fully saturated rings. The molecule has 0 aromatic rings. The summed E-state index contributed by atoms with van der Waals surface area (Å²) in [5.74, 6) is 7.49. The lowest BCUT2D eigenvalue weighted by Crippen LogP contribution is -2.00. The summed E-state index contributed by atoms with van der Waals surface area (Å²) in [6, 6.07) is 0. The van der Waals surface area contributed by atoms with Crippen LogP contribution in [0.1, 0.15) is 26.2 Å². The van der Waals surface area contributed by atoms with E-state index < -0.39 is 0 Å². The maximum absolute atomic E-state index is 3.81. The summed E-state index contributed by atoms with van der Waals surface area (Å²) in [5, 5.41) is 0. The van der Waals surface area contributed by atoms with E-state index in [-0.39, 0.29) is 0 Å². The highest BCUT2D eigenvalue weighted by atomic mass is 14.3. The van der Waals surface area contributed by atoms with Gasteiger partial charge in [-0.25, -0.2) is 0 Å². The second-order valence-electron chi connectivity index (χ2n) is 2.83. The molecule has 1 rings (SSSR count). The zero-order chi connectivity index (χ0) is 7.40. The third kappa shape index (κ3) is 1.42. The van der Waals surface area contributed by atoms with Crippen LogP contribution in [0.5, 0.6) is 0 Å². The Morgan fingerprint density at radius 3 is 2.90 bits per heavy atom. The average molecular weight is 134 g/mol. The maximum atomic E-state index is 3.81. The molecule has 0 heterocycles. The molecule has 0 nitrogen and oxygen atoms in total. The lowest BCUT2D eigenvalue weighted by atomic mass is 9.97. The molecule has 0 amide bonds. The molecule has 0 saturated heterocycles. The second-order valence-corrected chi connectivity index (χ2v) is 2.83. The van der Waals surface area contributed by atoms with E-state index in [1.807, 2.05) is 6.92 Å². The summed E-state index contributed by atoms with van der Waals surface area (Å²) in [7, 11) is 0. The van der Waals surface area contributed by atoms with Crippen LogP contribution in [-0.4, -0.2) is 0 Å². The molecule has 2 atom stereocenters. The van der Waals surface area contributed by atoms with Gasteiger partial charge >= 0.3 is 0 Å². The fraction of sp³-hybridized carbons (Fsp3) is 0.600. The van der Waals surface area contributed by atoms with E-state index in [4.69, 9.17) is 0 Å². The molecule has 0 radical (unpaired) electrons. The van der Waals surface area contributed by atoms with Gasteiger partial charge < -0.3 is 0 Å². The van der Waals surface area contributed by atoms with E-state index in [2.05, 4.69) is 24.5 Å². The minimum Gasteiger partial charge on any atom is -0.106 e. The van der Waals surface area contributed by atoms with Crippen molar-refractivity contribution in [3.05, 3.63) is 12.7 Å². The molecule has 0 aromatic heterocycles. The maximum Gasteiger partial charge on any atom is 0.0265 e. The van der Waals surface area contributed by atoms with Crippen molar-refractivity contribution in [1.82, 2.24) is 0 Å². The molecule has 0 spiro atoms. The first-order valence-electron chi connectivity index (χ1n) is 3.93. The van der Waals surface area contributed by atoms with Crippen LogP contribution in [0.2, 0.25) is 0 Å². The van der Waals surface area contributed by atoms with Crippen LogP contribution in [0.3, 0.4) is 0 Å². The van der Waals surface area contributed by atoms with E-state index in [1.54, 1.807) is 0 Å². The predicted octanol–water partition coefficient (Wildman–Crippen LogP) is 2.61. The summed E-state index contributed by atoms with van der Waals surface area (Å²) in [5.41, 5.74) is 0. The third-order valence-corrected chi connectivity index (χ3v) is 2.20. The normalized spacial score (nSPS) is 30.9. The second kappa shape index (κ2) is 3.46. The molecular formula is C10H14. The minimum absolute atomic E-state index is 0.613. The molecule has 0 aliphatic heterocycles. The summed E-state index contributed by atoms with van der Waals surface area (Å²) in [6.45, 7) is 5.72. The van der Waals surface area contributed by atoms with Crippen LogP contribution in [0.15, 0.2) is 12.7 Å². The topological polar surface area (TPSA) is 0 Å². The SMILES string of the molecule is C=CC1CCCC1C#CC. The molecule has 1 aliphatic carbocycles. The van der Waals surface area contributed by atoms with Gasteiger partial charge in [-0.3, -0.25) is 0 Å². The van der Waals surface area contributed by atoms with Crippen molar-refractivity contribution in [3.63, 3.8) is 0 Å². The van der Waals surface area contributed by atoms with Crippen LogP contribution in [0.4, 0.5) is 0 Å². The van der Waals surface area contributed by atoms with Crippen molar-refractivity contribution in [2.24, 2.45) is 11.8 Å². The van der Waals surface area contributed by atoms with Gasteiger partial charge in [0.15, 0.2) is 0 Å². The van der Waals surface area contributed by atoms with Gasteiger partial charge in [0.1, 0.15) is 0 Å². The summed E-state index contributed by atoms with van der Waals surface area (Å²) >= 11 is 0. The molecule has 2 unspecified atom stereocenters. The average Bonchev–Trinajstić information content (AvgIpc) is 2.36. The van der Waals surface area contributed by atoms with Gasteiger partial charge in [0.2, 0.25) is 0 Å². The van der Waals surface area contributed by atoms with Crippen molar-refractivity contribution in [1.29, 1.82) is 0 Å². The number of allylic oxidation sites excluding steroid dienone is 1. The summed E-state index contributed by atoms with van der Waals surface area (Å²) in [6.07, 6.45) is 5.96. The Kier molecular flexibility index (Phi) is 2.57. The smallest absolute Gasteiger partial charge is 0.0265 e. The van der Waals surface area contributed by atoms with E-state index in [0.717, 1.165) is 0 Å². The first kappa shape index (κ1) is 7.41. The Balaban J connectivity index is 2.55. The fourth-order valence-corrected chi connectivity index (χ4v) is 1.64. The van der Waals surface area contributed by atoms with Crippen LogP contribution < -0.4 is 0 Å². The zero-order valence-corrected chi connectivity index (χ0v) is 6.56. The van der Waals surface area contributed by atoms with Gasteiger partial charge in [0.05, 0.1) is 0 Å². The first-order valence-corrected chi connectivity index (χ1v) is 3.93. The lowest BCUT2D eigenvalue weighted by Gasteiger charge is -2.06. The monoisotopic (exact) mass is 134 g/mol. The molecule has 0 heteroatoms. The van der Waals surface area contributed by atoms with Crippen LogP contribution in [0, 0.1) is 23.7 Å².